The van der Waals surface area contributed by atoms with Crippen molar-refractivity contribution in [2.75, 3.05) is 25.4 Å². The molecule has 0 spiro atoms. The number of hydrogen-bond donors (Lipinski definition) is 2. The van der Waals surface area contributed by atoms with Crippen LogP contribution in [-0.4, -0.2) is 56.4 Å². The molecular weight excluding hydrogens is 280 g/mol. The largest absolute Gasteiger partial charge is 0.391 e. The van der Waals surface area contributed by atoms with Crippen molar-refractivity contribution in [2.24, 2.45) is 0 Å². The Balaban J connectivity index is 1.83. The number of nitrogens with zero attached hydrogens (tertiary/aromatic N) is 3. The van der Waals surface area contributed by atoms with E-state index in [4.69, 9.17) is 0 Å². The Hall–Kier alpha value is -1.12. The first-order valence-corrected chi connectivity index (χ1v) is 7.79. The van der Waals surface area contributed by atoms with E-state index in [0.29, 0.717) is 23.1 Å². The molecule has 2 heterocycles. The molecule has 1 atom stereocenters. The van der Waals surface area contributed by atoms with Crippen LogP contribution in [0.1, 0.15) is 25.1 Å². The average molecular weight is 300 g/mol. The third-order valence-corrected chi connectivity index (χ3v) is 4.39. The molecule has 1 saturated heterocycles. The summed E-state index contributed by atoms with van der Waals surface area (Å²) >= 11 is 1.23. The molecule has 0 bridgehead atoms. The third kappa shape index (κ3) is 4.19. The Kier molecular flexibility index (Phi) is 5.38. The van der Waals surface area contributed by atoms with Gasteiger partial charge in [-0.05, 0) is 30.9 Å². The van der Waals surface area contributed by atoms with Gasteiger partial charge in [-0.15, -0.1) is 0 Å². The van der Waals surface area contributed by atoms with Crippen LogP contribution in [0.25, 0.3) is 0 Å². The van der Waals surface area contributed by atoms with Gasteiger partial charge in [-0.25, -0.2) is 4.98 Å². The number of hydrogen-bond acceptors (Lipinski definition) is 6. The van der Waals surface area contributed by atoms with Crippen LogP contribution < -0.4 is 0 Å². The predicted molar refractivity (Wildman–Crippen MR) is 77.0 cm³/mol. The molecule has 1 aliphatic heterocycles. The highest BCUT2D eigenvalue weighted by Gasteiger charge is 2.21. The zero-order valence-corrected chi connectivity index (χ0v) is 12.4. The number of thioether (sulfide) groups is 1. The maximum Gasteiger partial charge on any atom is 0.354 e. The van der Waals surface area contributed by atoms with E-state index >= 15 is 0 Å². The number of nitro groups is 1. The fraction of sp³-hybridized carbons (Fsp3) is 0.750. The summed E-state index contributed by atoms with van der Waals surface area (Å²) in [6.07, 6.45) is 3.14. The smallest absolute Gasteiger partial charge is 0.354 e. The molecule has 0 aromatic carbocycles. The maximum atomic E-state index is 10.8. The number of imidazole rings is 1. The van der Waals surface area contributed by atoms with E-state index in [9.17, 15) is 15.2 Å². The van der Waals surface area contributed by atoms with Gasteiger partial charge in [0.1, 0.15) is 0 Å². The number of H-pyrrole nitrogens is 1. The Morgan fingerprint density at radius 2 is 2.20 bits per heavy atom. The van der Waals surface area contributed by atoms with Crippen molar-refractivity contribution < 1.29 is 10.0 Å². The molecule has 0 aliphatic carbocycles. The first-order valence-electron chi connectivity index (χ1n) is 6.80. The van der Waals surface area contributed by atoms with Crippen molar-refractivity contribution in [3.63, 3.8) is 0 Å². The van der Waals surface area contributed by atoms with Gasteiger partial charge in [0.25, 0.3) is 0 Å². The minimum Gasteiger partial charge on any atom is -0.391 e. The van der Waals surface area contributed by atoms with E-state index in [1.54, 1.807) is 6.92 Å². The van der Waals surface area contributed by atoms with Crippen LogP contribution >= 0.6 is 11.8 Å². The molecule has 1 aromatic rings. The molecule has 8 heteroatoms. The van der Waals surface area contributed by atoms with Crippen LogP contribution in [0.15, 0.2) is 5.03 Å². The van der Waals surface area contributed by atoms with Gasteiger partial charge in [0.2, 0.25) is 0 Å². The number of aryl methyl sites for hydroxylation is 1. The van der Waals surface area contributed by atoms with E-state index in [1.807, 2.05) is 0 Å². The summed E-state index contributed by atoms with van der Waals surface area (Å²) in [4.78, 5) is 19.3. The fourth-order valence-electron chi connectivity index (χ4n) is 2.35. The quantitative estimate of drug-likeness (QED) is 0.470. The molecule has 7 nitrogen and oxygen atoms in total. The normalized spacial score (nSPS) is 18.1. The third-order valence-electron chi connectivity index (χ3n) is 3.28. The molecule has 0 radical (unpaired) electrons. The summed E-state index contributed by atoms with van der Waals surface area (Å²) < 4.78 is 0. The number of aliphatic hydroxyl groups excluding tert-OH is 1. The second kappa shape index (κ2) is 7.05. The average Bonchev–Trinajstić information content (AvgIpc) is 2.79. The molecule has 112 valence electrons. The summed E-state index contributed by atoms with van der Waals surface area (Å²) in [5.74, 6) is 0.851. The van der Waals surface area contributed by atoms with Gasteiger partial charge in [0, 0.05) is 19.2 Å². The second-order valence-corrected chi connectivity index (χ2v) is 6.07. The van der Waals surface area contributed by atoms with Crippen LogP contribution in [0, 0.1) is 17.0 Å². The number of β-amino-alcohol motifs (C(OH)–C–C–N with tert-alkyl or cyclic N) is 1. The molecule has 1 aliphatic rings. The molecule has 0 unspecified atom stereocenters. The predicted octanol–water partition coefficient (Wildman–Crippen LogP) is 1.57. The molecule has 20 heavy (non-hydrogen) atoms. The Morgan fingerprint density at radius 1 is 1.50 bits per heavy atom. The monoisotopic (exact) mass is 300 g/mol. The van der Waals surface area contributed by atoms with Crippen molar-refractivity contribution in [3.05, 3.63) is 15.9 Å². The van der Waals surface area contributed by atoms with E-state index < -0.39 is 11.0 Å². The highest BCUT2D eigenvalue weighted by Crippen LogP contribution is 2.27. The van der Waals surface area contributed by atoms with Gasteiger partial charge < -0.3 is 20.1 Å². The molecule has 0 amide bonds. The van der Waals surface area contributed by atoms with Crippen molar-refractivity contribution in [3.8, 4) is 0 Å². The van der Waals surface area contributed by atoms with Gasteiger partial charge in [-0.3, -0.25) is 0 Å². The van der Waals surface area contributed by atoms with E-state index in [0.717, 1.165) is 13.1 Å². The minimum absolute atomic E-state index is 0.0855. The van der Waals surface area contributed by atoms with Crippen LogP contribution in [-0.2, 0) is 0 Å². The zero-order chi connectivity index (χ0) is 14.5. The Labute approximate surface area is 121 Å². The Bertz CT molecular complexity index is 460. The van der Waals surface area contributed by atoms with E-state index in [2.05, 4.69) is 14.9 Å². The van der Waals surface area contributed by atoms with Crippen LogP contribution in [0.4, 0.5) is 5.82 Å². The minimum atomic E-state index is -0.491. The number of likely N-dealkylation sites (tertiary alicyclic amines) is 1. The van der Waals surface area contributed by atoms with Crippen molar-refractivity contribution in [2.45, 2.75) is 37.3 Å². The number of piperidine rings is 1. The van der Waals surface area contributed by atoms with Crippen molar-refractivity contribution in [1.82, 2.24) is 14.9 Å². The highest BCUT2D eigenvalue weighted by atomic mass is 32.2. The first-order chi connectivity index (χ1) is 9.56. The number of aromatic nitrogens is 2. The number of aromatic amines is 1. The lowest BCUT2D eigenvalue weighted by Gasteiger charge is -2.28. The molecule has 0 saturated carbocycles. The summed E-state index contributed by atoms with van der Waals surface area (Å²) in [7, 11) is 0. The fourth-order valence-corrected chi connectivity index (χ4v) is 3.27. The lowest BCUT2D eigenvalue weighted by atomic mass is 10.1. The summed E-state index contributed by atoms with van der Waals surface area (Å²) in [6.45, 7) is 4.37. The molecular formula is C12H20N4O3S. The molecule has 1 aromatic heterocycles. The van der Waals surface area contributed by atoms with Gasteiger partial charge in [0.05, 0.1) is 6.10 Å². The number of nitrogens with one attached hydrogen (secondary N) is 1. The Morgan fingerprint density at radius 3 is 2.85 bits per heavy atom. The molecule has 2 rings (SSSR count). The highest BCUT2D eigenvalue weighted by molar-refractivity contribution is 7.99. The SMILES string of the molecule is Cc1nc(SC[C@H](O)CN2CCCCC2)c([N+](=O)[O-])[nH]1. The molecule has 1 fully saturated rings. The van der Waals surface area contributed by atoms with Gasteiger partial charge in [-0.2, -0.15) is 4.98 Å². The van der Waals surface area contributed by atoms with Crippen molar-refractivity contribution >= 4 is 17.6 Å². The van der Waals surface area contributed by atoms with Gasteiger partial charge in [0.15, 0.2) is 10.9 Å². The summed E-state index contributed by atoms with van der Waals surface area (Å²) in [5, 5.41) is 21.2. The van der Waals surface area contributed by atoms with Crippen LogP contribution in [0.3, 0.4) is 0 Å². The number of aliphatic hydroxyl groups is 1. The van der Waals surface area contributed by atoms with E-state index in [1.165, 1.54) is 31.0 Å². The molecule has 2 N–H and O–H groups in total. The lowest BCUT2D eigenvalue weighted by Crippen LogP contribution is -2.37. The van der Waals surface area contributed by atoms with Crippen LogP contribution in [0.2, 0.25) is 0 Å². The van der Waals surface area contributed by atoms with Gasteiger partial charge >= 0.3 is 5.82 Å². The maximum absolute atomic E-state index is 10.8. The van der Waals surface area contributed by atoms with Crippen LogP contribution in [0.5, 0.6) is 0 Å². The van der Waals surface area contributed by atoms with Gasteiger partial charge in [-0.1, -0.05) is 18.2 Å². The standard InChI is InChI=1S/C12H20N4O3S/c1-9-13-11(16(18)19)12(14-9)20-8-10(17)7-15-5-3-2-4-6-15/h10,17H,2-8H2,1H3,(H,13,14)/t10-/m1/s1. The first kappa shape index (κ1) is 15.3. The topological polar surface area (TPSA) is 95.3 Å². The van der Waals surface area contributed by atoms with E-state index in [-0.39, 0.29) is 5.82 Å². The lowest BCUT2D eigenvalue weighted by molar-refractivity contribution is -0.392. The number of rotatable bonds is 6. The summed E-state index contributed by atoms with van der Waals surface area (Å²) in [6, 6.07) is 0. The zero-order valence-electron chi connectivity index (χ0n) is 11.5. The van der Waals surface area contributed by atoms with Crippen molar-refractivity contribution in [1.29, 1.82) is 0 Å². The summed E-state index contributed by atoms with van der Waals surface area (Å²) in [5.41, 5.74) is 0. The second-order valence-electron chi connectivity index (χ2n) is 5.06.